The van der Waals surface area contributed by atoms with Gasteiger partial charge in [-0.25, -0.2) is 4.98 Å². The van der Waals surface area contributed by atoms with Crippen LogP contribution < -0.4 is 10.2 Å². The van der Waals surface area contributed by atoms with Crippen molar-refractivity contribution in [2.75, 3.05) is 36.7 Å². The van der Waals surface area contributed by atoms with Crippen molar-refractivity contribution in [3.8, 4) is 11.3 Å². The van der Waals surface area contributed by atoms with Crippen LogP contribution in [0.15, 0.2) is 66.0 Å². The standard InChI is InChI=1S/C24H28N4O2S/c1-27(2)20-12-10-19(11-13-20)26-23(29)17-31-24-25-15-22(18-7-4-3-5-8-18)28(24)16-21-9-6-14-30-21/h3-5,7-8,10-13,15,21H,6,9,14,16-17H2,1-2H3,(H,26,29)/t21-/m0/s1. The number of carbonyl (C=O) groups excluding carboxylic acids is 1. The van der Waals surface area contributed by atoms with Crippen molar-refractivity contribution < 1.29 is 9.53 Å². The smallest absolute Gasteiger partial charge is 0.234 e. The van der Waals surface area contributed by atoms with Crippen LogP contribution in [0.25, 0.3) is 11.3 Å². The average Bonchev–Trinajstić information content (AvgIpc) is 3.44. The SMILES string of the molecule is CN(C)c1ccc(NC(=O)CSc2ncc(-c3ccccc3)n2C[C@@H]2CCCO2)cc1. The summed E-state index contributed by atoms with van der Waals surface area (Å²) in [6, 6.07) is 18.1. The Morgan fingerprint density at radius 2 is 1.97 bits per heavy atom. The normalized spacial score (nSPS) is 15.7. The highest BCUT2D eigenvalue weighted by Gasteiger charge is 2.21. The molecule has 1 saturated heterocycles. The monoisotopic (exact) mass is 436 g/mol. The van der Waals surface area contributed by atoms with Crippen molar-refractivity contribution in [1.82, 2.24) is 9.55 Å². The number of rotatable bonds is 8. The van der Waals surface area contributed by atoms with Gasteiger partial charge in [-0.3, -0.25) is 4.79 Å². The predicted octanol–water partition coefficient (Wildman–Crippen LogP) is 4.53. The number of anilines is 2. The van der Waals surface area contributed by atoms with Gasteiger partial charge in [0, 0.05) is 32.1 Å². The Kier molecular flexibility index (Phi) is 6.94. The van der Waals surface area contributed by atoms with E-state index >= 15 is 0 Å². The second kappa shape index (κ2) is 10.0. The quantitative estimate of drug-likeness (QED) is 0.526. The van der Waals surface area contributed by atoms with Gasteiger partial charge >= 0.3 is 0 Å². The van der Waals surface area contributed by atoms with E-state index in [1.54, 1.807) is 0 Å². The fourth-order valence-electron chi connectivity index (χ4n) is 3.65. The number of nitrogens with one attached hydrogen (secondary N) is 1. The van der Waals surface area contributed by atoms with E-state index in [4.69, 9.17) is 4.74 Å². The average molecular weight is 437 g/mol. The summed E-state index contributed by atoms with van der Waals surface area (Å²) in [5.74, 6) is 0.252. The van der Waals surface area contributed by atoms with Gasteiger partial charge < -0.3 is 19.5 Å². The summed E-state index contributed by atoms with van der Waals surface area (Å²) < 4.78 is 8.05. The Bertz CT molecular complexity index is 996. The van der Waals surface area contributed by atoms with Gasteiger partial charge in [-0.15, -0.1) is 0 Å². The molecule has 1 aromatic heterocycles. The van der Waals surface area contributed by atoms with Crippen molar-refractivity contribution in [3.63, 3.8) is 0 Å². The number of amides is 1. The molecule has 1 aliphatic heterocycles. The van der Waals surface area contributed by atoms with Crippen molar-refractivity contribution in [2.24, 2.45) is 0 Å². The largest absolute Gasteiger partial charge is 0.378 e. The molecule has 2 heterocycles. The number of thioether (sulfide) groups is 1. The Morgan fingerprint density at radius 1 is 1.19 bits per heavy atom. The fourth-order valence-corrected chi connectivity index (χ4v) is 4.44. The minimum absolute atomic E-state index is 0.0458. The van der Waals surface area contributed by atoms with Gasteiger partial charge in [0.15, 0.2) is 5.16 Å². The highest BCUT2D eigenvalue weighted by molar-refractivity contribution is 7.99. The van der Waals surface area contributed by atoms with Crippen molar-refractivity contribution in [1.29, 1.82) is 0 Å². The lowest BCUT2D eigenvalue weighted by Gasteiger charge is -2.16. The summed E-state index contributed by atoms with van der Waals surface area (Å²) >= 11 is 1.46. The van der Waals surface area contributed by atoms with Crippen molar-refractivity contribution >= 4 is 29.0 Å². The Morgan fingerprint density at radius 3 is 2.65 bits per heavy atom. The number of nitrogens with zero attached hydrogens (tertiary/aromatic N) is 3. The molecule has 31 heavy (non-hydrogen) atoms. The lowest BCUT2D eigenvalue weighted by Crippen LogP contribution is -2.18. The minimum atomic E-state index is -0.0458. The predicted molar refractivity (Wildman–Crippen MR) is 127 cm³/mol. The highest BCUT2D eigenvalue weighted by atomic mass is 32.2. The number of hydrogen-bond donors (Lipinski definition) is 1. The Hall–Kier alpha value is -2.77. The third-order valence-corrected chi connectivity index (χ3v) is 6.29. The topological polar surface area (TPSA) is 59.4 Å². The zero-order chi connectivity index (χ0) is 21.6. The van der Waals surface area contributed by atoms with Gasteiger partial charge in [-0.05, 0) is 42.7 Å². The molecule has 6 nitrogen and oxygen atoms in total. The molecular formula is C24H28N4O2S. The van der Waals surface area contributed by atoms with Crippen LogP contribution in [0, 0.1) is 0 Å². The third kappa shape index (κ3) is 5.48. The number of hydrogen-bond acceptors (Lipinski definition) is 5. The van der Waals surface area contributed by atoms with Gasteiger partial charge in [0.05, 0.1) is 30.3 Å². The zero-order valence-corrected chi connectivity index (χ0v) is 18.8. The van der Waals surface area contributed by atoms with Crippen LogP contribution in [-0.4, -0.2) is 48.0 Å². The first-order valence-corrected chi connectivity index (χ1v) is 11.5. The van der Waals surface area contributed by atoms with Crippen LogP contribution >= 0.6 is 11.8 Å². The molecule has 1 atom stereocenters. The molecule has 0 spiro atoms. The summed E-state index contributed by atoms with van der Waals surface area (Å²) in [4.78, 5) is 19.2. The van der Waals surface area contributed by atoms with E-state index in [-0.39, 0.29) is 12.0 Å². The summed E-state index contributed by atoms with van der Waals surface area (Å²) in [5, 5.41) is 3.81. The van der Waals surface area contributed by atoms with Crippen molar-refractivity contribution in [3.05, 3.63) is 60.8 Å². The molecule has 7 heteroatoms. The summed E-state index contributed by atoms with van der Waals surface area (Å²) in [5.41, 5.74) is 4.06. The third-order valence-electron chi connectivity index (χ3n) is 5.30. The number of aromatic nitrogens is 2. The van der Waals surface area contributed by atoms with Crippen LogP contribution in [0.4, 0.5) is 11.4 Å². The highest BCUT2D eigenvalue weighted by Crippen LogP contribution is 2.28. The van der Waals surface area contributed by atoms with E-state index in [1.165, 1.54) is 11.8 Å². The molecule has 162 valence electrons. The lowest BCUT2D eigenvalue weighted by atomic mass is 10.1. The number of benzene rings is 2. The molecule has 0 bridgehead atoms. The number of ether oxygens (including phenoxy) is 1. The molecular weight excluding hydrogens is 408 g/mol. The van der Waals surface area contributed by atoms with Crippen LogP contribution in [0.5, 0.6) is 0 Å². The summed E-state index contributed by atoms with van der Waals surface area (Å²) in [6.45, 7) is 1.57. The van der Waals surface area contributed by atoms with E-state index in [0.29, 0.717) is 5.75 Å². The second-order valence-corrected chi connectivity index (χ2v) is 8.76. The second-order valence-electron chi connectivity index (χ2n) is 7.82. The van der Waals surface area contributed by atoms with E-state index in [9.17, 15) is 4.79 Å². The van der Waals surface area contributed by atoms with Gasteiger partial charge in [0.2, 0.25) is 5.91 Å². The van der Waals surface area contributed by atoms with Gasteiger partial charge in [0.25, 0.3) is 0 Å². The molecule has 0 saturated carbocycles. The van der Waals surface area contributed by atoms with Gasteiger partial charge in [-0.1, -0.05) is 42.1 Å². The first-order chi connectivity index (χ1) is 15.1. The minimum Gasteiger partial charge on any atom is -0.378 e. The van der Waals surface area contributed by atoms with Crippen LogP contribution in [0.1, 0.15) is 12.8 Å². The van der Waals surface area contributed by atoms with Crippen LogP contribution in [0.3, 0.4) is 0 Å². The Balaban J connectivity index is 1.44. The number of imidazole rings is 1. The molecule has 1 fully saturated rings. The van der Waals surface area contributed by atoms with E-state index in [1.807, 2.05) is 67.7 Å². The maximum Gasteiger partial charge on any atom is 0.234 e. The molecule has 0 radical (unpaired) electrons. The van der Waals surface area contributed by atoms with Crippen molar-refractivity contribution in [2.45, 2.75) is 30.6 Å². The Labute approximate surface area is 187 Å². The maximum atomic E-state index is 12.5. The molecule has 0 aliphatic carbocycles. The molecule has 1 aliphatic rings. The van der Waals surface area contributed by atoms with Gasteiger partial charge in [-0.2, -0.15) is 0 Å². The maximum absolute atomic E-state index is 12.5. The van der Waals surface area contributed by atoms with Crippen LogP contribution in [0.2, 0.25) is 0 Å². The zero-order valence-electron chi connectivity index (χ0n) is 18.0. The molecule has 3 aromatic rings. The van der Waals surface area contributed by atoms with E-state index in [2.05, 4.69) is 27.0 Å². The first kappa shape index (κ1) is 21.5. The van der Waals surface area contributed by atoms with Crippen LogP contribution in [-0.2, 0) is 16.1 Å². The molecule has 0 unspecified atom stereocenters. The lowest BCUT2D eigenvalue weighted by molar-refractivity contribution is -0.113. The molecule has 2 aromatic carbocycles. The molecule has 4 rings (SSSR count). The first-order valence-electron chi connectivity index (χ1n) is 10.5. The number of carbonyl (C=O) groups is 1. The van der Waals surface area contributed by atoms with E-state index < -0.39 is 0 Å². The summed E-state index contributed by atoms with van der Waals surface area (Å²) in [7, 11) is 3.99. The fraction of sp³-hybridized carbons (Fsp3) is 0.333. The van der Waals surface area contributed by atoms with Gasteiger partial charge in [0.1, 0.15) is 0 Å². The summed E-state index contributed by atoms with van der Waals surface area (Å²) in [6.07, 6.45) is 4.24. The van der Waals surface area contributed by atoms with E-state index in [0.717, 1.165) is 53.8 Å². The molecule has 1 amide bonds. The molecule has 1 N–H and O–H groups in total.